The zero-order valence-electron chi connectivity index (χ0n) is 13.9. The van der Waals surface area contributed by atoms with Gasteiger partial charge >= 0.3 is 0 Å². The van der Waals surface area contributed by atoms with Gasteiger partial charge < -0.3 is 5.32 Å². The summed E-state index contributed by atoms with van der Waals surface area (Å²) < 4.78 is 25.7. The maximum absolute atomic E-state index is 12.4. The molecule has 0 aliphatic rings. The predicted molar refractivity (Wildman–Crippen MR) is 107 cm³/mol. The predicted octanol–water partition coefficient (Wildman–Crippen LogP) is 4.73. The molecule has 3 aromatic carbocycles. The third-order valence-electron chi connectivity index (χ3n) is 4.28. The van der Waals surface area contributed by atoms with Crippen LogP contribution in [-0.2, 0) is 9.84 Å². The average Bonchev–Trinajstić information content (AvgIpc) is 2.61. The third kappa shape index (κ3) is 4.29. The molecule has 0 spiro atoms. The first-order valence-electron chi connectivity index (χ1n) is 8.17. The highest BCUT2D eigenvalue weighted by atomic mass is 79.9. The molecule has 0 saturated carbocycles. The van der Waals surface area contributed by atoms with Crippen LogP contribution in [-0.4, -0.2) is 20.7 Å². The van der Waals surface area contributed by atoms with Crippen LogP contribution in [0.3, 0.4) is 0 Å². The molecule has 1 N–H and O–H groups in total. The Morgan fingerprint density at radius 1 is 0.960 bits per heavy atom. The standard InChI is InChI=1S/C20H20BrNO2S/c1-15(19-8-4-6-16-5-2-3-7-20(16)19)22-13-14-25(23,24)18-11-9-17(21)10-12-18/h2-12,15,22H,13-14H2,1H3/t15-/m0/s1. The lowest BCUT2D eigenvalue weighted by molar-refractivity contribution is 0.574. The Kier molecular flexibility index (Phi) is 5.57. The number of hydrogen-bond acceptors (Lipinski definition) is 3. The SMILES string of the molecule is C[C@H](NCCS(=O)(=O)c1ccc(Br)cc1)c1cccc2ccccc12. The summed E-state index contributed by atoms with van der Waals surface area (Å²) in [5, 5.41) is 5.73. The first kappa shape index (κ1) is 18.1. The van der Waals surface area contributed by atoms with E-state index < -0.39 is 9.84 Å². The number of benzene rings is 3. The summed E-state index contributed by atoms with van der Waals surface area (Å²) in [6, 6.07) is 21.3. The number of fused-ring (bicyclic) bond motifs is 1. The lowest BCUT2D eigenvalue weighted by Gasteiger charge is -2.16. The van der Waals surface area contributed by atoms with Crippen molar-refractivity contribution in [2.24, 2.45) is 0 Å². The van der Waals surface area contributed by atoms with Crippen molar-refractivity contribution in [1.29, 1.82) is 0 Å². The molecular formula is C20H20BrNO2S. The van der Waals surface area contributed by atoms with Crippen LogP contribution in [0.2, 0.25) is 0 Å². The van der Waals surface area contributed by atoms with E-state index in [-0.39, 0.29) is 11.8 Å². The highest BCUT2D eigenvalue weighted by molar-refractivity contribution is 9.10. The molecule has 3 rings (SSSR count). The van der Waals surface area contributed by atoms with E-state index >= 15 is 0 Å². The van der Waals surface area contributed by atoms with Gasteiger partial charge in [-0.2, -0.15) is 0 Å². The minimum absolute atomic E-state index is 0.0732. The summed E-state index contributed by atoms with van der Waals surface area (Å²) in [7, 11) is -3.28. The van der Waals surface area contributed by atoms with Crippen LogP contribution in [0.5, 0.6) is 0 Å². The Morgan fingerprint density at radius 3 is 2.40 bits per heavy atom. The normalized spacial score (nSPS) is 13.0. The largest absolute Gasteiger partial charge is 0.309 e. The molecule has 0 bridgehead atoms. The quantitative estimate of drug-likeness (QED) is 0.630. The molecule has 25 heavy (non-hydrogen) atoms. The highest BCUT2D eigenvalue weighted by Crippen LogP contribution is 2.24. The van der Waals surface area contributed by atoms with Crippen LogP contribution in [0.1, 0.15) is 18.5 Å². The second-order valence-corrected chi connectivity index (χ2v) is 9.04. The fourth-order valence-corrected chi connectivity index (χ4v) is 4.34. The summed E-state index contributed by atoms with van der Waals surface area (Å²) in [6.45, 7) is 2.47. The molecule has 0 aromatic heterocycles. The molecule has 0 fully saturated rings. The van der Waals surface area contributed by atoms with Gasteiger partial charge in [0.25, 0.3) is 0 Å². The van der Waals surface area contributed by atoms with E-state index in [9.17, 15) is 8.42 Å². The van der Waals surface area contributed by atoms with E-state index in [0.717, 1.165) is 4.47 Å². The molecular weight excluding hydrogens is 398 g/mol. The van der Waals surface area contributed by atoms with E-state index in [1.54, 1.807) is 24.3 Å². The van der Waals surface area contributed by atoms with E-state index in [0.29, 0.717) is 11.4 Å². The maximum atomic E-state index is 12.4. The van der Waals surface area contributed by atoms with E-state index in [2.05, 4.69) is 52.4 Å². The summed E-state index contributed by atoms with van der Waals surface area (Å²) >= 11 is 3.32. The van der Waals surface area contributed by atoms with Crippen LogP contribution < -0.4 is 5.32 Å². The van der Waals surface area contributed by atoms with Crippen LogP contribution >= 0.6 is 15.9 Å². The molecule has 3 aromatic rings. The van der Waals surface area contributed by atoms with Crippen LogP contribution in [0.15, 0.2) is 76.1 Å². The van der Waals surface area contributed by atoms with Crippen molar-refractivity contribution in [3.63, 3.8) is 0 Å². The second-order valence-electron chi connectivity index (χ2n) is 6.02. The van der Waals surface area contributed by atoms with Gasteiger partial charge in [-0.25, -0.2) is 8.42 Å². The lowest BCUT2D eigenvalue weighted by atomic mass is 10.00. The van der Waals surface area contributed by atoms with Crippen molar-refractivity contribution >= 4 is 36.5 Å². The van der Waals surface area contributed by atoms with Gasteiger partial charge in [0.15, 0.2) is 9.84 Å². The molecule has 130 valence electrons. The number of hydrogen-bond donors (Lipinski definition) is 1. The molecule has 0 amide bonds. The van der Waals surface area contributed by atoms with Crippen molar-refractivity contribution in [2.75, 3.05) is 12.3 Å². The zero-order valence-corrected chi connectivity index (χ0v) is 16.3. The van der Waals surface area contributed by atoms with E-state index in [1.165, 1.54) is 16.3 Å². The minimum Gasteiger partial charge on any atom is -0.309 e. The molecule has 0 heterocycles. The molecule has 0 saturated heterocycles. The Morgan fingerprint density at radius 2 is 1.64 bits per heavy atom. The average molecular weight is 418 g/mol. The topological polar surface area (TPSA) is 46.2 Å². The molecule has 3 nitrogen and oxygen atoms in total. The zero-order chi connectivity index (χ0) is 17.9. The fraction of sp³-hybridized carbons (Fsp3) is 0.200. The molecule has 0 aliphatic heterocycles. The summed E-state index contributed by atoms with van der Waals surface area (Å²) in [5.74, 6) is 0.0732. The smallest absolute Gasteiger partial charge is 0.179 e. The first-order chi connectivity index (χ1) is 12.0. The van der Waals surface area contributed by atoms with Crippen LogP contribution in [0.25, 0.3) is 10.8 Å². The van der Waals surface area contributed by atoms with Gasteiger partial charge in [-0.3, -0.25) is 0 Å². The Bertz CT molecular complexity index is 963. The van der Waals surface area contributed by atoms with Crippen molar-refractivity contribution in [3.05, 3.63) is 76.8 Å². The molecule has 1 atom stereocenters. The summed E-state index contributed by atoms with van der Waals surface area (Å²) in [4.78, 5) is 0.357. The Balaban J connectivity index is 1.68. The molecule has 0 unspecified atom stereocenters. The van der Waals surface area contributed by atoms with Gasteiger partial charge in [-0.1, -0.05) is 58.4 Å². The first-order valence-corrected chi connectivity index (χ1v) is 10.6. The van der Waals surface area contributed by atoms with Crippen molar-refractivity contribution in [1.82, 2.24) is 5.32 Å². The van der Waals surface area contributed by atoms with Crippen LogP contribution in [0.4, 0.5) is 0 Å². The van der Waals surface area contributed by atoms with Gasteiger partial charge in [-0.15, -0.1) is 0 Å². The van der Waals surface area contributed by atoms with Crippen LogP contribution in [0, 0.1) is 0 Å². The van der Waals surface area contributed by atoms with Gasteiger partial charge in [0.2, 0.25) is 0 Å². The van der Waals surface area contributed by atoms with E-state index in [1.807, 2.05) is 18.2 Å². The molecule has 5 heteroatoms. The summed E-state index contributed by atoms with van der Waals surface area (Å²) in [6.07, 6.45) is 0. The molecule has 0 aliphatic carbocycles. The monoisotopic (exact) mass is 417 g/mol. The second kappa shape index (κ2) is 7.68. The van der Waals surface area contributed by atoms with Gasteiger partial charge in [0.1, 0.15) is 0 Å². The number of halogens is 1. The van der Waals surface area contributed by atoms with E-state index in [4.69, 9.17) is 0 Å². The van der Waals surface area contributed by atoms with Crippen molar-refractivity contribution in [2.45, 2.75) is 17.9 Å². The van der Waals surface area contributed by atoms with Gasteiger partial charge in [-0.05, 0) is 47.5 Å². The Labute approximate surface area is 157 Å². The summed E-state index contributed by atoms with van der Waals surface area (Å²) in [5.41, 5.74) is 1.18. The lowest BCUT2D eigenvalue weighted by Crippen LogP contribution is -2.26. The van der Waals surface area contributed by atoms with Crippen molar-refractivity contribution < 1.29 is 8.42 Å². The maximum Gasteiger partial charge on any atom is 0.179 e. The van der Waals surface area contributed by atoms with Gasteiger partial charge in [0, 0.05) is 17.1 Å². The third-order valence-corrected chi connectivity index (χ3v) is 6.54. The number of sulfone groups is 1. The highest BCUT2D eigenvalue weighted by Gasteiger charge is 2.15. The van der Waals surface area contributed by atoms with Crippen molar-refractivity contribution in [3.8, 4) is 0 Å². The fourth-order valence-electron chi connectivity index (χ4n) is 2.91. The number of rotatable bonds is 6. The number of nitrogens with one attached hydrogen (secondary N) is 1. The minimum atomic E-state index is -3.28. The molecule has 0 radical (unpaired) electrons. The Hall–Kier alpha value is -1.69. The van der Waals surface area contributed by atoms with Gasteiger partial charge in [0.05, 0.1) is 10.6 Å².